The minimum Gasteiger partial charge on any atom is -0.398 e. The lowest BCUT2D eigenvalue weighted by molar-refractivity contribution is 0.0929. The first-order chi connectivity index (χ1) is 8.45. The number of methoxy groups -OCH3 is 1. The van der Waals surface area contributed by atoms with Gasteiger partial charge in [0.05, 0.1) is 0 Å². The zero-order valence-corrected chi connectivity index (χ0v) is 12.5. The van der Waals surface area contributed by atoms with Gasteiger partial charge >= 0.3 is 0 Å². The molecule has 0 aliphatic carbocycles. The fraction of sp³-hybridized carbons (Fsp3) is 0.462. The highest BCUT2D eigenvalue weighted by Crippen LogP contribution is 2.22. The Bertz CT molecular complexity index is 435. The minimum absolute atomic E-state index is 0.0667. The SMILES string of the molecule is COCCC(C)NC(=O)c1cc(Br)cc(N)c1C. The highest BCUT2D eigenvalue weighted by atomic mass is 79.9. The topological polar surface area (TPSA) is 64.3 Å². The lowest BCUT2D eigenvalue weighted by Gasteiger charge is -2.15. The van der Waals surface area contributed by atoms with Gasteiger partial charge in [-0.15, -0.1) is 0 Å². The molecular formula is C13H19BrN2O2. The van der Waals surface area contributed by atoms with E-state index in [0.717, 1.165) is 16.5 Å². The molecule has 0 spiro atoms. The van der Waals surface area contributed by atoms with E-state index in [1.165, 1.54) is 0 Å². The van der Waals surface area contributed by atoms with Gasteiger partial charge < -0.3 is 15.8 Å². The van der Waals surface area contributed by atoms with Crippen LogP contribution in [0.15, 0.2) is 16.6 Å². The number of carbonyl (C=O) groups excluding carboxylic acids is 1. The van der Waals surface area contributed by atoms with E-state index in [-0.39, 0.29) is 11.9 Å². The Kier molecular flexibility index (Phi) is 5.62. The van der Waals surface area contributed by atoms with Crippen molar-refractivity contribution in [1.29, 1.82) is 0 Å². The molecule has 5 heteroatoms. The van der Waals surface area contributed by atoms with Gasteiger partial charge in [-0.05, 0) is 38.0 Å². The molecule has 0 saturated carbocycles. The van der Waals surface area contributed by atoms with E-state index < -0.39 is 0 Å². The molecule has 0 bridgehead atoms. The number of carbonyl (C=O) groups is 1. The van der Waals surface area contributed by atoms with E-state index in [4.69, 9.17) is 10.5 Å². The lowest BCUT2D eigenvalue weighted by atomic mass is 10.1. The van der Waals surface area contributed by atoms with Gasteiger partial charge in [0.25, 0.3) is 5.91 Å². The van der Waals surface area contributed by atoms with Crippen LogP contribution >= 0.6 is 15.9 Å². The van der Waals surface area contributed by atoms with Gasteiger partial charge in [-0.1, -0.05) is 15.9 Å². The number of hydrogen-bond donors (Lipinski definition) is 2. The van der Waals surface area contributed by atoms with Gasteiger partial charge in [-0.2, -0.15) is 0 Å². The van der Waals surface area contributed by atoms with Crippen molar-refractivity contribution in [1.82, 2.24) is 5.32 Å². The highest BCUT2D eigenvalue weighted by Gasteiger charge is 2.14. The van der Waals surface area contributed by atoms with Crippen LogP contribution in [0.5, 0.6) is 0 Å². The molecular weight excluding hydrogens is 296 g/mol. The van der Waals surface area contributed by atoms with Crippen LogP contribution in [0, 0.1) is 6.92 Å². The summed E-state index contributed by atoms with van der Waals surface area (Å²) in [6.45, 7) is 4.42. The second kappa shape index (κ2) is 6.75. The summed E-state index contributed by atoms with van der Waals surface area (Å²) in [5.41, 5.74) is 7.85. The van der Waals surface area contributed by atoms with Crippen molar-refractivity contribution in [3.8, 4) is 0 Å². The Labute approximate surface area is 116 Å². The lowest BCUT2D eigenvalue weighted by Crippen LogP contribution is -2.33. The molecule has 0 aliphatic rings. The zero-order valence-electron chi connectivity index (χ0n) is 10.9. The highest BCUT2D eigenvalue weighted by molar-refractivity contribution is 9.10. The molecule has 100 valence electrons. The van der Waals surface area contributed by atoms with Crippen LogP contribution in [0.1, 0.15) is 29.3 Å². The molecule has 1 aromatic rings. The smallest absolute Gasteiger partial charge is 0.251 e. The number of anilines is 1. The summed E-state index contributed by atoms with van der Waals surface area (Å²) in [5.74, 6) is -0.107. The summed E-state index contributed by atoms with van der Waals surface area (Å²) >= 11 is 3.34. The molecule has 0 radical (unpaired) electrons. The fourth-order valence-corrected chi connectivity index (χ4v) is 2.08. The normalized spacial score (nSPS) is 12.2. The monoisotopic (exact) mass is 314 g/mol. The van der Waals surface area contributed by atoms with Crippen LogP contribution in [0.3, 0.4) is 0 Å². The summed E-state index contributed by atoms with van der Waals surface area (Å²) in [6, 6.07) is 3.64. The average Bonchev–Trinajstić information content (AvgIpc) is 2.30. The maximum Gasteiger partial charge on any atom is 0.251 e. The van der Waals surface area contributed by atoms with E-state index >= 15 is 0 Å². The molecule has 0 fully saturated rings. The molecule has 1 atom stereocenters. The molecule has 0 heterocycles. The van der Waals surface area contributed by atoms with Gasteiger partial charge in [0.15, 0.2) is 0 Å². The summed E-state index contributed by atoms with van der Waals surface area (Å²) in [7, 11) is 1.65. The molecule has 4 nitrogen and oxygen atoms in total. The Hall–Kier alpha value is -1.07. The Morgan fingerprint density at radius 3 is 2.83 bits per heavy atom. The molecule has 1 amide bonds. The summed E-state index contributed by atoms with van der Waals surface area (Å²) in [5, 5.41) is 2.93. The van der Waals surface area contributed by atoms with Crippen molar-refractivity contribution in [2.75, 3.05) is 19.5 Å². The van der Waals surface area contributed by atoms with Gasteiger partial charge in [0.2, 0.25) is 0 Å². The molecule has 0 aromatic heterocycles. The van der Waals surface area contributed by atoms with Crippen LogP contribution in [0.2, 0.25) is 0 Å². The third kappa shape index (κ3) is 3.99. The van der Waals surface area contributed by atoms with E-state index in [1.54, 1.807) is 19.2 Å². The van der Waals surface area contributed by atoms with Crippen LogP contribution in [0.25, 0.3) is 0 Å². The Morgan fingerprint density at radius 2 is 2.22 bits per heavy atom. The van der Waals surface area contributed by atoms with Crippen LogP contribution < -0.4 is 11.1 Å². The second-order valence-electron chi connectivity index (χ2n) is 4.32. The van der Waals surface area contributed by atoms with E-state index in [1.807, 2.05) is 13.8 Å². The van der Waals surface area contributed by atoms with E-state index in [2.05, 4.69) is 21.2 Å². The second-order valence-corrected chi connectivity index (χ2v) is 5.24. The molecule has 1 unspecified atom stereocenters. The number of halogens is 1. The minimum atomic E-state index is -0.107. The standard InChI is InChI=1S/C13H19BrN2O2/c1-8(4-5-18-3)16-13(17)11-6-10(14)7-12(15)9(11)2/h6-8H,4-5,15H2,1-3H3,(H,16,17). The first-order valence-electron chi connectivity index (χ1n) is 5.81. The van der Waals surface area contributed by atoms with Crippen molar-refractivity contribution < 1.29 is 9.53 Å². The molecule has 1 aromatic carbocycles. The maximum absolute atomic E-state index is 12.1. The summed E-state index contributed by atoms with van der Waals surface area (Å²) < 4.78 is 5.79. The number of hydrogen-bond acceptors (Lipinski definition) is 3. The largest absolute Gasteiger partial charge is 0.398 e. The van der Waals surface area contributed by atoms with Crippen molar-refractivity contribution >= 4 is 27.5 Å². The van der Waals surface area contributed by atoms with Gasteiger partial charge in [0, 0.05) is 35.5 Å². The third-order valence-corrected chi connectivity index (χ3v) is 3.25. The molecule has 1 rings (SSSR count). The number of ether oxygens (including phenoxy) is 1. The van der Waals surface area contributed by atoms with Crippen molar-refractivity contribution in [2.24, 2.45) is 0 Å². The number of nitrogen functional groups attached to an aromatic ring is 1. The van der Waals surface area contributed by atoms with E-state index in [9.17, 15) is 4.79 Å². The molecule has 0 saturated heterocycles. The first-order valence-corrected chi connectivity index (χ1v) is 6.60. The quantitative estimate of drug-likeness (QED) is 0.821. The van der Waals surface area contributed by atoms with Gasteiger partial charge in [-0.25, -0.2) is 0 Å². The van der Waals surface area contributed by atoms with Gasteiger partial charge in [0.1, 0.15) is 0 Å². The van der Waals surface area contributed by atoms with Crippen molar-refractivity contribution in [3.63, 3.8) is 0 Å². The molecule has 3 N–H and O–H groups in total. The number of nitrogens with two attached hydrogens (primary N) is 1. The number of nitrogens with one attached hydrogen (secondary N) is 1. The summed E-state index contributed by atoms with van der Waals surface area (Å²) in [4.78, 5) is 12.1. The predicted octanol–water partition coefficient (Wildman–Crippen LogP) is 2.49. The molecule has 0 aliphatic heterocycles. The number of benzene rings is 1. The predicted molar refractivity (Wildman–Crippen MR) is 76.7 cm³/mol. The Balaban J connectivity index is 2.78. The van der Waals surface area contributed by atoms with Crippen molar-refractivity contribution in [2.45, 2.75) is 26.3 Å². The Morgan fingerprint density at radius 1 is 1.56 bits per heavy atom. The number of rotatable bonds is 5. The van der Waals surface area contributed by atoms with Gasteiger partial charge in [-0.3, -0.25) is 4.79 Å². The van der Waals surface area contributed by atoms with E-state index in [0.29, 0.717) is 17.9 Å². The average molecular weight is 315 g/mol. The van der Waals surface area contributed by atoms with Crippen LogP contribution in [-0.2, 0) is 4.74 Å². The maximum atomic E-state index is 12.1. The number of amides is 1. The first kappa shape index (κ1) is 15.0. The van der Waals surface area contributed by atoms with Crippen LogP contribution in [-0.4, -0.2) is 25.7 Å². The third-order valence-electron chi connectivity index (χ3n) is 2.79. The van der Waals surface area contributed by atoms with Crippen LogP contribution in [0.4, 0.5) is 5.69 Å². The van der Waals surface area contributed by atoms with Crippen molar-refractivity contribution in [3.05, 3.63) is 27.7 Å². The summed E-state index contributed by atoms with van der Waals surface area (Å²) in [6.07, 6.45) is 0.783. The molecule has 18 heavy (non-hydrogen) atoms. The zero-order chi connectivity index (χ0) is 13.7. The fourth-order valence-electron chi connectivity index (χ4n) is 1.60.